The first-order chi connectivity index (χ1) is 11.8. The van der Waals surface area contributed by atoms with E-state index < -0.39 is 15.8 Å². The van der Waals surface area contributed by atoms with E-state index in [2.05, 4.69) is 4.90 Å². The summed E-state index contributed by atoms with van der Waals surface area (Å²) < 4.78 is 40.7. The molecule has 1 fully saturated rings. The number of halogens is 3. The summed E-state index contributed by atoms with van der Waals surface area (Å²) in [7, 11) is -3.89. The fourth-order valence-electron chi connectivity index (χ4n) is 2.92. The van der Waals surface area contributed by atoms with E-state index in [4.69, 9.17) is 23.2 Å². The van der Waals surface area contributed by atoms with Crippen LogP contribution in [-0.4, -0.2) is 38.9 Å². The Balaban J connectivity index is 1.78. The standard InChI is InChI=1S/C17H17Cl2FN2O2S/c1-12-2-3-14(19)11-16(12)21-6-8-22(9-7-21)25(23,24)17-5-4-13(18)10-15(17)20/h2-5,10-11H,6-9H2,1H3. The van der Waals surface area contributed by atoms with Gasteiger partial charge in [-0.1, -0.05) is 29.3 Å². The summed E-state index contributed by atoms with van der Waals surface area (Å²) in [5.74, 6) is -0.833. The van der Waals surface area contributed by atoms with Gasteiger partial charge in [0.15, 0.2) is 0 Å². The van der Waals surface area contributed by atoms with Gasteiger partial charge in [-0.15, -0.1) is 0 Å². The zero-order chi connectivity index (χ0) is 18.2. The summed E-state index contributed by atoms with van der Waals surface area (Å²) in [5.41, 5.74) is 2.06. The van der Waals surface area contributed by atoms with Crippen molar-refractivity contribution in [3.8, 4) is 0 Å². The van der Waals surface area contributed by atoms with Crippen molar-refractivity contribution in [2.24, 2.45) is 0 Å². The molecule has 0 aromatic heterocycles. The van der Waals surface area contributed by atoms with Crippen LogP contribution in [0.4, 0.5) is 10.1 Å². The normalized spacial score (nSPS) is 16.2. The molecular weight excluding hydrogens is 386 g/mol. The van der Waals surface area contributed by atoms with Crippen molar-refractivity contribution in [3.63, 3.8) is 0 Å². The lowest BCUT2D eigenvalue weighted by atomic mass is 10.1. The minimum absolute atomic E-state index is 0.165. The Morgan fingerprint density at radius 2 is 1.56 bits per heavy atom. The number of rotatable bonds is 3. The molecule has 3 rings (SSSR count). The number of aryl methyl sites for hydroxylation is 1. The van der Waals surface area contributed by atoms with Gasteiger partial charge in [0.05, 0.1) is 0 Å². The van der Waals surface area contributed by atoms with Crippen molar-refractivity contribution in [1.29, 1.82) is 0 Å². The Bertz CT molecular complexity index is 898. The molecule has 1 aliphatic rings. The van der Waals surface area contributed by atoms with Crippen LogP contribution in [0.1, 0.15) is 5.56 Å². The number of hydrogen-bond acceptors (Lipinski definition) is 3. The highest BCUT2D eigenvalue weighted by atomic mass is 35.5. The molecule has 25 heavy (non-hydrogen) atoms. The molecule has 0 aliphatic carbocycles. The molecule has 2 aromatic carbocycles. The van der Waals surface area contributed by atoms with Crippen molar-refractivity contribution in [3.05, 3.63) is 57.8 Å². The van der Waals surface area contributed by atoms with Crippen LogP contribution in [0.5, 0.6) is 0 Å². The summed E-state index contributed by atoms with van der Waals surface area (Å²) in [4.78, 5) is 1.75. The van der Waals surface area contributed by atoms with E-state index in [9.17, 15) is 12.8 Å². The van der Waals surface area contributed by atoms with Crippen LogP contribution < -0.4 is 4.90 Å². The van der Waals surface area contributed by atoms with Crippen molar-refractivity contribution >= 4 is 38.9 Å². The van der Waals surface area contributed by atoms with Crippen molar-refractivity contribution in [2.45, 2.75) is 11.8 Å². The second-order valence-corrected chi connectivity index (χ2v) is 8.68. The number of hydrogen-bond donors (Lipinski definition) is 0. The molecule has 0 radical (unpaired) electrons. The molecule has 2 aromatic rings. The minimum Gasteiger partial charge on any atom is -0.369 e. The number of nitrogens with zero attached hydrogens (tertiary/aromatic N) is 2. The van der Waals surface area contributed by atoms with Gasteiger partial charge in [0, 0.05) is 41.9 Å². The first-order valence-electron chi connectivity index (χ1n) is 7.75. The molecule has 0 N–H and O–H groups in total. The Morgan fingerprint density at radius 1 is 0.960 bits per heavy atom. The molecule has 8 heteroatoms. The molecule has 0 saturated carbocycles. The number of benzene rings is 2. The van der Waals surface area contributed by atoms with Crippen LogP contribution in [-0.2, 0) is 10.0 Å². The van der Waals surface area contributed by atoms with E-state index in [1.165, 1.54) is 16.4 Å². The van der Waals surface area contributed by atoms with Crippen LogP contribution in [0.3, 0.4) is 0 Å². The van der Waals surface area contributed by atoms with Crippen LogP contribution in [0.2, 0.25) is 10.0 Å². The molecule has 1 saturated heterocycles. The number of piperazine rings is 1. The van der Waals surface area contributed by atoms with E-state index >= 15 is 0 Å². The van der Waals surface area contributed by atoms with Crippen LogP contribution >= 0.6 is 23.2 Å². The summed E-state index contributed by atoms with van der Waals surface area (Å²) >= 11 is 11.8. The molecule has 4 nitrogen and oxygen atoms in total. The highest BCUT2D eigenvalue weighted by Crippen LogP contribution is 2.27. The number of anilines is 1. The van der Waals surface area contributed by atoms with Crippen LogP contribution in [0.25, 0.3) is 0 Å². The lowest BCUT2D eigenvalue weighted by molar-refractivity contribution is 0.382. The molecular formula is C17H17Cl2FN2O2S. The van der Waals surface area contributed by atoms with Gasteiger partial charge in [-0.25, -0.2) is 12.8 Å². The van der Waals surface area contributed by atoms with Gasteiger partial charge >= 0.3 is 0 Å². The molecule has 1 heterocycles. The molecule has 0 atom stereocenters. The number of sulfonamides is 1. The van der Waals surface area contributed by atoms with Crippen LogP contribution in [0, 0.1) is 12.7 Å². The Labute approximate surface area is 156 Å². The summed E-state index contributed by atoms with van der Waals surface area (Å²) in [6, 6.07) is 9.23. The predicted molar refractivity (Wildman–Crippen MR) is 98.6 cm³/mol. The largest absolute Gasteiger partial charge is 0.369 e. The maximum absolute atomic E-state index is 14.0. The quantitative estimate of drug-likeness (QED) is 0.779. The fourth-order valence-corrected chi connectivity index (χ4v) is 4.71. The van der Waals surface area contributed by atoms with E-state index in [-0.39, 0.29) is 23.0 Å². The zero-order valence-corrected chi connectivity index (χ0v) is 15.9. The van der Waals surface area contributed by atoms with E-state index in [1.54, 1.807) is 0 Å². The summed E-state index contributed by atoms with van der Waals surface area (Å²) in [6.07, 6.45) is 0. The lowest BCUT2D eigenvalue weighted by Crippen LogP contribution is -2.49. The molecule has 0 spiro atoms. The van der Waals surface area contributed by atoms with Gasteiger partial charge in [-0.05, 0) is 42.8 Å². The topological polar surface area (TPSA) is 40.6 Å². The first-order valence-corrected chi connectivity index (χ1v) is 9.95. The lowest BCUT2D eigenvalue weighted by Gasteiger charge is -2.36. The van der Waals surface area contributed by atoms with E-state index in [1.807, 2.05) is 25.1 Å². The molecule has 0 unspecified atom stereocenters. The third-order valence-electron chi connectivity index (χ3n) is 4.26. The van der Waals surface area contributed by atoms with Gasteiger partial charge in [0.25, 0.3) is 0 Å². The molecule has 1 aliphatic heterocycles. The second-order valence-electron chi connectivity index (χ2n) is 5.90. The van der Waals surface area contributed by atoms with Gasteiger partial charge in [0.1, 0.15) is 10.7 Å². The highest BCUT2D eigenvalue weighted by Gasteiger charge is 2.31. The second kappa shape index (κ2) is 7.11. The van der Waals surface area contributed by atoms with Gasteiger partial charge < -0.3 is 4.90 Å². The third-order valence-corrected chi connectivity index (χ3v) is 6.66. The van der Waals surface area contributed by atoms with Gasteiger partial charge in [-0.2, -0.15) is 4.31 Å². The van der Waals surface area contributed by atoms with E-state index in [0.29, 0.717) is 18.1 Å². The molecule has 0 bridgehead atoms. The molecule has 134 valence electrons. The minimum atomic E-state index is -3.89. The van der Waals surface area contributed by atoms with Crippen molar-refractivity contribution in [2.75, 3.05) is 31.1 Å². The Hall–Kier alpha value is -1.34. The Morgan fingerprint density at radius 3 is 2.20 bits per heavy atom. The highest BCUT2D eigenvalue weighted by molar-refractivity contribution is 7.89. The Kier molecular flexibility index (Phi) is 5.25. The van der Waals surface area contributed by atoms with E-state index in [0.717, 1.165) is 17.3 Å². The zero-order valence-electron chi connectivity index (χ0n) is 13.5. The van der Waals surface area contributed by atoms with Gasteiger partial charge in [0.2, 0.25) is 10.0 Å². The average Bonchev–Trinajstić information content (AvgIpc) is 2.57. The van der Waals surface area contributed by atoms with Gasteiger partial charge in [-0.3, -0.25) is 0 Å². The molecule has 0 amide bonds. The van der Waals surface area contributed by atoms with Crippen molar-refractivity contribution < 1.29 is 12.8 Å². The third kappa shape index (κ3) is 3.77. The summed E-state index contributed by atoms with van der Waals surface area (Å²) in [6.45, 7) is 3.55. The first kappa shape index (κ1) is 18.5. The maximum Gasteiger partial charge on any atom is 0.246 e. The van der Waals surface area contributed by atoms with Crippen molar-refractivity contribution in [1.82, 2.24) is 4.31 Å². The van der Waals surface area contributed by atoms with Crippen LogP contribution in [0.15, 0.2) is 41.3 Å². The fraction of sp³-hybridized carbons (Fsp3) is 0.294. The monoisotopic (exact) mass is 402 g/mol. The predicted octanol–water partition coefficient (Wildman–Crippen LogP) is 3.95. The maximum atomic E-state index is 14.0. The summed E-state index contributed by atoms with van der Waals surface area (Å²) in [5, 5.41) is 0.802. The average molecular weight is 403 g/mol. The SMILES string of the molecule is Cc1ccc(Cl)cc1N1CCN(S(=O)(=O)c2ccc(Cl)cc2F)CC1. The smallest absolute Gasteiger partial charge is 0.246 e.